The highest BCUT2D eigenvalue weighted by Gasteiger charge is 2.28. The van der Waals surface area contributed by atoms with E-state index in [4.69, 9.17) is 5.26 Å². The maximum absolute atomic E-state index is 14.3. The van der Waals surface area contributed by atoms with Crippen LogP contribution >= 0.6 is 0 Å². The van der Waals surface area contributed by atoms with Gasteiger partial charge in [-0.3, -0.25) is 0 Å². The summed E-state index contributed by atoms with van der Waals surface area (Å²) < 4.78 is 42.8. The summed E-state index contributed by atoms with van der Waals surface area (Å²) in [5, 5.41) is 8.88. The molecule has 0 spiro atoms. The summed E-state index contributed by atoms with van der Waals surface area (Å²) >= 11 is 0. The summed E-state index contributed by atoms with van der Waals surface area (Å²) in [5.74, 6) is -1.85. The summed E-state index contributed by atoms with van der Waals surface area (Å²) in [7, 11) is 0. The lowest BCUT2D eigenvalue weighted by Crippen LogP contribution is -2.17. The Bertz CT molecular complexity index is 782. The van der Waals surface area contributed by atoms with Crippen molar-refractivity contribution in [1.29, 1.82) is 5.26 Å². The van der Waals surface area contributed by atoms with E-state index < -0.39 is 17.5 Å². The lowest BCUT2D eigenvalue weighted by atomic mass is 9.79. The highest BCUT2D eigenvalue weighted by molar-refractivity contribution is 5.43. The third-order valence-corrected chi connectivity index (χ3v) is 4.63. The van der Waals surface area contributed by atoms with Crippen molar-refractivity contribution >= 4 is 0 Å². The average molecular weight is 315 g/mol. The highest BCUT2D eigenvalue weighted by atomic mass is 19.1. The highest BCUT2D eigenvalue weighted by Crippen LogP contribution is 2.37. The molecule has 2 aromatic carbocycles. The molecule has 0 aromatic heterocycles. The van der Waals surface area contributed by atoms with E-state index in [1.165, 1.54) is 18.2 Å². The summed E-state index contributed by atoms with van der Waals surface area (Å²) in [6.07, 6.45) is 1.81. The van der Waals surface area contributed by atoms with Gasteiger partial charge < -0.3 is 0 Å². The predicted octanol–water partition coefficient (Wildman–Crippen LogP) is 4.81. The molecule has 118 valence electrons. The van der Waals surface area contributed by atoms with Crippen molar-refractivity contribution in [3.05, 3.63) is 69.5 Å². The van der Waals surface area contributed by atoms with Gasteiger partial charge in [-0.25, -0.2) is 13.2 Å². The predicted molar refractivity (Wildman–Crippen MR) is 81.6 cm³/mol. The lowest BCUT2D eigenvalue weighted by molar-refractivity contribution is 0.481. The fourth-order valence-corrected chi connectivity index (χ4v) is 3.37. The van der Waals surface area contributed by atoms with Crippen molar-refractivity contribution in [3.63, 3.8) is 0 Å². The Kier molecular flexibility index (Phi) is 4.12. The van der Waals surface area contributed by atoms with E-state index in [0.29, 0.717) is 36.8 Å². The third kappa shape index (κ3) is 2.72. The van der Waals surface area contributed by atoms with Crippen LogP contribution in [0.4, 0.5) is 13.2 Å². The first kappa shape index (κ1) is 15.6. The second-order valence-electron chi connectivity index (χ2n) is 5.94. The molecular formula is C19H16F3N. The molecule has 0 amide bonds. The van der Waals surface area contributed by atoms with Crippen LogP contribution < -0.4 is 0 Å². The smallest absolute Gasteiger partial charge is 0.144 e. The number of fused-ring (bicyclic) bond motifs is 1. The molecule has 0 heterocycles. The van der Waals surface area contributed by atoms with Gasteiger partial charge >= 0.3 is 0 Å². The van der Waals surface area contributed by atoms with Gasteiger partial charge in [-0.1, -0.05) is 13.0 Å². The quantitative estimate of drug-likeness (QED) is 0.780. The SMILES string of the molecule is CCc1cc(F)c(C2CCc3c(ccc(C#N)c3F)C2)c(F)c1. The Morgan fingerprint density at radius 2 is 1.87 bits per heavy atom. The zero-order chi connectivity index (χ0) is 16.6. The van der Waals surface area contributed by atoms with Gasteiger partial charge in [0.2, 0.25) is 0 Å². The van der Waals surface area contributed by atoms with Gasteiger partial charge in [0.25, 0.3) is 0 Å². The molecule has 0 radical (unpaired) electrons. The number of halogens is 3. The van der Waals surface area contributed by atoms with Crippen molar-refractivity contribution < 1.29 is 13.2 Å². The number of aryl methyl sites for hydroxylation is 1. The minimum Gasteiger partial charge on any atom is -0.207 e. The van der Waals surface area contributed by atoms with E-state index in [-0.39, 0.29) is 17.0 Å². The summed E-state index contributed by atoms with van der Waals surface area (Å²) in [6, 6.07) is 7.72. The average Bonchev–Trinajstić information content (AvgIpc) is 2.54. The second kappa shape index (κ2) is 6.08. The van der Waals surface area contributed by atoms with E-state index in [2.05, 4.69) is 0 Å². The fourth-order valence-electron chi connectivity index (χ4n) is 3.37. The molecule has 0 saturated carbocycles. The van der Waals surface area contributed by atoms with E-state index in [1.807, 2.05) is 13.0 Å². The monoisotopic (exact) mass is 315 g/mol. The molecule has 4 heteroatoms. The van der Waals surface area contributed by atoms with Gasteiger partial charge in [0.1, 0.15) is 23.5 Å². The van der Waals surface area contributed by atoms with E-state index in [1.54, 1.807) is 6.07 Å². The number of hydrogen-bond acceptors (Lipinski definition) is 1. The molecule has 0 fully saturated rings. The van der Waals surface area contributed by atoms with Crippen LogP contribution in [0.3, 0.4) is 0 Å². The molecule has 0 saturated heterocycles. The minimum atomic E-state index is -0.524. The zero-order valence-electron chi connectivity index (χ0n) is 12.8. The molecule has 1 aliphatic carbocycles. The molecule has 23 heavy (non-hydrogen) atoms. The van der Waals surface area contributed by atoms with Crippen molar-refractivity contribution in [3.8, 4) is 6.07 Å². The Morgan fingerprint density at radius 1 is 1.17 bits per heavy atom. The van der Waals surface area contributed by atoms with Gasteiger partial charge in [-0.05, 0) is 66.5 Å². The molecule has 1 aliphatic rings. The third-order valence-electron chi connectivity index (χ3n) is 4.63. The maximum atomic E-state index is 14.3. The molecule has 3 rings (SSSR count). The topological polar surface area (TPSA) is 23.8 Å². The van der Waals surface area contributed by atoms with Crippen LogP contribution in [-0.4, -0.2) is 0 Å². The van der Waals surface area contributed by atoms with Gasteiger partial charge in [0.15, 0.2) is 0 Å². The van der Waals surface area contributed by atoms with Gasteiger partial charge in [-0.2, -0.15) is 5.26 Å². The normalized spacial score (nSPS) is 16.7. The molecule has 0 N–H and O–H groups in total. The molecule has 1 nitrogen and oxygen atoms in total. The van der Waals surface area contributed by atoms with Crippen LogP contribution in [0.5, 0.6) is 0 Å². The Labute approximate surface area is 133 Å². The van der Waals surface area contributed by atoms with Crippen LogP contribution in [0, 0.1) is 28.8 Å². The van der Waals surface area contributed by atoms with Crippen LogP contribution in [-0.2, 0) is 19.3 Å². The maximum Gasteiger partial charge on any atom is 0.144 e. The van der Waals surface area contributed by atoms with Crippen molar-refractivity contribution in [2.24, 2.45) is 0 Å². The van der Waals surface area contributed by atoms with Gasteiger partial charge in [-0.15, -0.1) is 0 Å². The minimum absolute atomic E-state index is 0.0202. The van der Waals surface area contributed by atoms with E-state index in [0.717, 1.165) is 5.56 Å². The molecule has 0 bridgehead atoms. The molecule has 1 atom stereocenters. The summed E-state index contributed by atoms with van der Waals surface area (Å²) in [5.41, 5.74) is 1.98. The Hall–Kier alpha value is -2.28. The molecule has 0 aliphatic heterocycles. The van der Waals surface area contributed by atoms with E-state index in [9.17, 15) is 13.2 Å². The Morgan fingerprint density at radius 3 is 2.48 bits per heavy atom. The number of nitrogens with zero attached hydrogens (tertiary/aromatic N) is 1. The molecule has 2 aromatic rings. The van der Waals surface area contributed by atoms with Crippen molar-refractivity contribution in [2.75, 3.05) is 0 Å². The first-order valence-corrected chi connectivity index (χ1v) is 7.73. The lowest BCUT2D eigenvalue weighted by Gasteiger charge is -2.26. The van der Waals surface area contributed by atoms with Crippen molar-refractivity contribution in [2.45, 2.75) is 38.5 Å². The molecular weight excluding hydrogens is 299 g/mol. The Balaban J connectivity index is 1.98. The standard InChI is InChI=1S/C19H16F3N/c1-2-11-7-16(20)18(17(21)8-11)13-5-6-15-12(9-13)3-4-14(10-23)19(15)22/h3-4,7-8,13H,2,5-6,9H2,1H3. The summed E-state index contributed by atoms with van der Waals surface area (Å²) in [4.78, 5) is 0. The number of rotatable bonds is 2. The van der Waals surface area contributed by atoms with Crippen LogP contribution in [0.15, 0.2) is 24.3 Å². The zero-order valence-corrected chi connectivity index (χ0v) is 12.8. The number of hydrogen-bond donors (Lipinski definition) is 0. The second-order valence-corrected chi connectivity index (χ2v) is 5.94. The van der Waals surface area contributed by atoms with Crippen molar-refractivity contribution in [1.82, 2.24) is 0 Å². The van der Waals surface area contributed by atoms with Crippen LogP contribution in [0.2, 0.25) is 0 Å². The van der Waals surface area contributed by atoms with E-state index >= 15 is 0 Å². The number of benzene rings is 2. The first-order valence-electron chi connectivity index (χ1n) is 7.73. The largest absolute Gasteiger partial charge is 0.207 e. The van der Waals surface area contributed by atoms with Crippen LogP contribution in [0.1, 0.15) is 47.1 Å². The molecule has 1 unspecified atom stereocenters. The number of nitriles is 1. The fraction of sp³-hybridized carbons (Fsp3) is 0.316. The summed E-state index contributed by atoms with van der Waals surface area (Å²) in [6.45, 7) is 1.85. The van der Waals surface area contributed by atoms with Gasteiger partial charge in [0, 0.05) is 5.56 Å². The van der Waals surface area contributed by atoms with Gasteiger partial charge in [0.05, 0.1) is 5.56 Å². The first-order chi connectivity index (χ1) is 11.0. The van der Waals surface area contributed by atoms with Crippen LogP contribution in [0.25, 0.3) is 0 Å².